The van der Waals surface area contributed by atoms with Gasteiger partial charge in [-0.15, -0.1) is 0 Å². The molecular weight excluding hydrogens is 888 g/mol. The zero-order valence-corrected chi connectivity index (χ0v) is 39.0. The number of nitrogens with one attached hydrogen (secondary N) is 4. The maximum atomic E-state index is 16.9. The second-order valence-corrected chi connectivity index (χ2v) is 18.5. The lowest BCUT2D eigenvalue weighted by molar-refractivity contribution is -0.136. The first-order chi connectivity index (χ1) is 33.3. The summed E-state index contributed by atoms with van der Waals surface area (Å²) < 4.78 is 41.5. The molecule has 7 aromatic rings. The second-order valence-electron chi connectivity index (χ2n) is 18.5. The number of oxazole rings is 1. The zero-order valence-electron chi connectivity index (χ0n) is 39.0. The highest BCUT2D eigenvalue weighted by Crippen LogP contribution is 2.48. The summed E-state index contributed by atoms with van der Waals surface area (Å²) in [7, 11) is 2.53. The lowest BCUT2D eigenvalue weighted by Crippen LogP contribution is -2.51. The van der Waals surface area contributed by atoms with E-state index in [9.17, 15) is 19.2 Å². The quantitative estimate of drug-likeness (QED) is 0.0966. The zero-order chi connectivity index (χ0) is 48.2. The van der Waals surface area contributed by atoms with Crippen LogP contribution in [0.25, 0.3) is 55.8 Å². The summed E-state index contributed by atoms with van der Waals surface area (Å²) in [5.41, 5.74) is 5.32. The predicted octanol–water partition coefficient (Wildman–Crippen LogP) is 8.40. The average molecular weight is 941 g/mol. The number of ether oxygens (including phenoxy) is 3. The van der Waals surface area contributed by atoms with E-state index < -0.39 is 36.3 Å². The van der Waals surface area contributed by atoms with Crippen LogP contribution in [0.3, 0.4) is 0 Å². The minimum atomic E-state index is -0.922. The molecule has 18 nitrogen and oxygen atoms in total. The summed E-state index contributed by atoms with van der Waals surface area (Å²) in [5, 5.41) is 6.16. The fourth-order valence-corrected chi connectivity index (χ4v) is 9.95. The molecule has 69 heavy (non-hydrogen) atoms. The van der Waals surface area contributed by atoms with E-state index in [1.807, 2.05) is 80.8 Å². The van der Waals surface area contributed by atoms with Gasteiger partial charge in [-0.25, -0.2) is 28.9 Å². The second kappa shape index (κ2) is 18.1. The molecule has 2 saturated heterocycles. The predicted molar refractivity (Wildman–Crippen MR) is 251 cm³/mol. The number of likely N-dealkylation sites (tertiary alicyclic amines) is 2. The molecule has 19 heteroatoms. The Morgan fingerprint density at radius 2 is 1.36 bits per heavy atom. The summed E-state index contributed by atoms with van der Waals surface area (Å²) in [6.45, 7) is 8.49. The lowest BCUT2D eigenvalue weighted by Gasteiger charge is -2.30. The summed E-state index contributed by atoms with van der Waals surface area (Å²) in [4.78, 5) is 76.4. The topological polar surface area (TPSA) is 215 Å². The number of carbonyl (C=O) groups is 4. The van der Waals surface area contributed by atoms with Gasteiger partial charge in [0.05, 0.1) is 66.9 Å². The molecule has 0 radical (unpaired) electrons. The number of halogens is 1. The molecule has 0 bridgehead atoms. The standard InChI is InChI=1S/C50H53FN10O8/c1-25(2)41(57-49(64)66-5)46(62)59-17-9-12-35(59)43-52-23-32(54-43)27-15-16-34-29(19-27)21-37-40-30(51)20-28(22-39(40)69-48(61(34)37)45-56-31-11-7-8-14-38(31)68-45)33-24-53-44(55-33)36-13-10-18-60(36)47(63)42(26(3)4)58-50(65)67-6/h7-8,11,14-16,19-26,35-36,41-42,48H,9-10,12-13,17-18H2,1-6H3,(H,52,54)(H,53,55)(H,57,64)(H,58,65)/t35-,36-,41?,42?,48?/m0/s1. The molecule has 0 aliphatic carbocycles. The van der Waals surface area contributed by atoms with Crippen molar-refractivity contribution in [3.8, 4) is 39.5 Å². The first-order valence-corrected chi connectivity index (χ1v) is 23.2. The Labute approximate surface area is 395 Å². The highest BCUT2D eigenvalue weighted by molar-refractivity contribution is 5.93. The van der Waals surface area contributed by atoms with Gasteiger partial charge in [-0.3, -0.25) is 14.2 Å². The Morgan fingerprint density at radius 3 is 1.94 bits per heavy atom. The smallest absolute Gasteiger partial charge is 0.407 e. The van der Waals surface area contributed by atoms with Crippen LogP contribution < -0.4 is 15.4 Å². The number of rotatable bonds is 11. The number of nitrogens with zero attached hydrogens (tertiary/aromatic N) is 6. The van der Waals surface area contributed by atoms with Crippen LogP contribution in [-0.4, -0.2) is 103 Å². The number of hydrogen-bond donors (Lipinski definition) is 4. The van der Waals surface area contributed by atoms with Crippen LogP contribution in [0.1, 0.15) is 89.2 Å². The summed E-state index contributed by atoms with van der Waals surface area (Å²) >= 11 is 0. The van der Waals surface area contributed by atoms with Crippen LogP contribution >= 0.6 is 0 Å². The molecule has 4 N–H and O–H groups in total. The minimum Gasteiger partial charge on any atom is -0.460 e. The molecule has 2 fully saturated rings. The van der Waals surface area contributed by atoms with Gasteiger partial charge in [-0.05, 0) is 80.0 Å². The van der Waals surface area contributed by atoms with Gasteiger partial charge >= 0.3 is 12.2 Å². The Morgan fingerprint density at radius 1 is 0.768 bits per heavy atom. The molecule has 4 aromatic heterocycles. The third-order valence-electron chi connectivity index (χ3n) is 13.4. The van der Waals surface area contributed by atoms with Gasteiger partial charge in [0, 0.05) is 29.6 Å². The van der Waals surface area contributed by atoms with Crippen molar-refractivity contribution in [1.82, 2.24) is 49.9 Å². The number of aromatic amines is 2. The highest BCUT2D eigenvalue weighted by Gasteiger charge is 2.40. The van der Waals surface area contributed by atoms with E-state index in [2.05, 4.69) is 25.6 Å². The molecule has 3 aromatic carbocycles. The van der Waals surface area contributed by atoms with Gasteiger partial charge in [0.2, 0.25) is 11.8 Å². The van der Waals surface area contributed by atoms with Crippen molar-refractivity contribution < 1.29 is 42.2 Å². The molecule has 0 saturated carbocycles. The monoisotopic (exact) mass is 940 g/mol. The van der Waals surface area contributed by atoms with E-state index in [0.29, 0.717) is 65.6 Å². The normalized spacial score (nSPS) is 18.6. The van der Waals surface area contributed by atoms with Crippen molar-refractivity contribution in [3.05, 3.63) is 96.4 Å². The largest absolute Gasteiger partial charge is 0.460 e. The molecule has 3 aliphatic rings. The van der Waals surface area contributed by atoms with Crippen LogP contribution in [0, 0.1) is 17.7 Å². The molecule has 3 aliphatic heterocycles. The fraction of sp³-hybridized carbons (Fsp3) is 0.380. The average Bonchev–Trinajstić information content (AvgIpc) is 4.21. The van der Waals surface area contributed by atoms with Crippen LogP contribution in [0.2, 0.25) is 0 Å². The fourth-order valence-electron chi connectivity index (χ4n) is 9.95. The van der Waals surface area contributed by atoms with E-state index in [-0.39, 0.29) is 52.9 Å². The van der Waals surface area contributed by atoms with Gasteiger partial charge in [0.25, 0.3) is 12.1 Å². The molecule has 7 heterocycles. The summed E-state index contributed by atoms with van der Waals surface area (Å²) in [6, 6.07) is 16.2. The number of methoxy groups -OCH3 is 2. The first-order valence-electron chi connectivity index (χ1n) is 23.2. The number of carbonyl (C=O) groups excluding carboxylic acids is 4. The molecule has 4 amide bonds. The maximum absolute atomic E-state index is 16.9. The highest BCUT2D eigenvalue weighted by atomic mass is 19.1. The van der Waals surface area contributed by atoms with Crippen molar-refractivity contribution in [2.75, 3.05) is 27.3 Å². The van der Waals surface area contributed by atoms with E-state index in [1.165, 1.54) is 20.3 Å². The van der Waals surface area contributed by atoms with E-state index in [1.54, 1.807) is 28.3 Å². The summed E-state index contributed by atoms with van der Waals surface area (Å²) in [5.74, 6) is 0.413. The number of fused-ring (bicyclic) bond motifs is 6. The number of H-pyrrole nitrogens is 2. The molecule has 10 rings (SSSR count). The molecular formula is C50H53FN10O8. The van der Waals surface area contributed by atoms with Crippen LogP contribution in [0.5, 0.6) is 5.75 Å². The van der Waals surface area contributed by atoms with E-state index >= 15 is 4.39 Å². The third kappa shape index (κ3) is 8.18. The van der Waals surface area contributed by atoms with Crippen LogP contribution in [-0.2, 0) is 19.1 Å². The lowest BCUT2D eigenvalue weighted by atomic mass is 10.0. The number of alkyl carbamates (subject to hydrolysis) is 2. The third-order valence-corrected chi connectivity index (χ3v) is 13.4. The van der Waals surface area contributed by atoms with E-state index in [0.717, 1.165) is 35.0 Å². The van der Waals surface area contributed by atoms with Crippen molar-refractivity contribution >= 4 is 46.0 Å². The molecule has 3 unspecified atom stereocenters. The van der Waals surface area contributed by atoms with Gasteiger partial charge in [0.15, 0.2) is 5.58 Å². The van der Waals surface area contributed by atoms with Crippen molar-refractivity contribution in [1.29, 1.82) is 0 Å². The number of hydrogen-bond acceptors (Lipinski definition) is 11. The van der Waals surface area contributed by atoms with Gasteiger partial charge in [-0.1, -0.05) is 45.9 Å². The Kier molecular flexibility index (Phi) is 11.8. The van der Waals surface area contributed by atoms with Gasteiger partial charge in [-0.2, -0.15) is 0 Å². The molecule has 5 atom stereocenters. The SMILES string of the molecule is COC(=O)NC(C(=O)N1CCC[C@H]1c1ncc(-c2cc(F)c3c(c2)OC(c2nc4ccccc4o2)n2c-3cc3cc(-c4cnc([C@@H]5CCCN5C(=O)C(NC(=O)OC)C(C)C)[nH]4)ccc32)[nH]1)C(C)C. The van der Waals surface area contributed by atoms with Crippen molar-refractivity contribution in [2.24, 2.45) is 11.8 Å². The maximum Gasteiger partial charge on any atom is 0.407 e. The Bertz CT molecular complexity index is 3080. The Balaban J connectivity index is 0.979. The molecule has 358 valence electrons. The van der Waals surface area contributed by atoms with Crippen molar-refractivity contribution in [2.45, 2.75) is 83.8 Å². The number of imidazole rings is 2. The Hall–Kier alpha value is -7.70. The van der Waals surface area contributed by atoms with Crippen LogP contribution in [0.15, 0.2) is 77.5 Å². The van der Waals surface area contributed by atoms with Crippen molar-refractivity contribution in [3.63, 3.8) is 0 Å². The van der Waals surface area contributed by atoms with Gasteiger partial charge in [0.1, 0.15) is 40.8 Å². The number of aromatic nitrogens is 6. The number of para-hydroxylation sites is 2. The van der Waals surface area contributed by atoms with E-state index in [4.69, 9.17) is 28.6 Å². The summed E-state index contributed by atoms with van der Waals surface area (Å²) in [6.07, 6.45) is 3.98. The van der Waals surface area contributed by atoms with Crippen LogP contribution in [0.4, 0.5) is 14.0 Å². The van der Waals surface area contributed by atoms with Gasteiger partial charge < -0.3 is 49.0 Å². The minimum absolute atomic E-state index is 0.166. The number of benzene rings is 3. The number of amides is 4. The first kappa shape index (κ1) is 45.1. The molecule has 0 spiro atoms.